The van der Waals surface area contributed by atoms with E-state index in [1.807, 2.05) is 20.8 Å². The van der Waals surface area contributed by atoms with Gasteiger partial charge in [-0.05, 0) is 18.3 Å². The standard InChI is InChI=1S/C13H21NO5S/c1-13(2,3)5-7-20(17,18)14-6-4-9-10(8-14)12(16)19-11(9)15/h9-10H,4-8H2,1-3H3. The number of ether oxygens (including phenoxy) is 1. The van der Waals surface area contributed by atoms with Crippen molar-refractivity contribution in [1.29, 1.82) is 0 Å². The highest BCUT2D eigenvalue weighted by atomic mass is 32.2. The smallest absolute Gasteiger partial charge is 0.318 e. The summed E-state index contributed by atoms with van der Waals surface area (Å²) in [5.74, 6) is -2.11. The van der Waals surface area contributed by atoms with E-state index in [-0.39, 0.29) is 24.3 Å². The predicted molar refractivity (Wildman–Crippen MR) is 72.1 cm³/mol. The molecule has 20 heavy (non-hydrogen) atoms. The predicted octanol–water partition coefficient (Wildman–Crippen LogP) is 0.774. The maximum absolute atomic E-state index is 12.3. The van der Waals surface area contributed by atoms with Gasteiger partial charge in [0, 0.05) is 13.1 Å². The van der Waals surface area contributed by atoms with Gasteiger partial charge in [0.2, 0.25) is 10.0 Å². The molecule has 7 heteroatoms. The second kappa shape index (κ2) is 5.11. The molecule has 0 aromatic heterocycles. The lowest BCUT2D eigenvalue weighted by Gasteiger charge is -2.31. The van der Waals surface area contributed by atoms with Gasteiger partial charge < -0.3 is 4.74 Å². The summed E-state index contributed by atoms with van der Waals surface area (Å²) in [6, 6.07) is 0. The lowest BCUT2D eigenvalue weighted by molar-refractivity contribution is -0.153. The molecule has 2 rings (SSSR count). The van der Waals surface area contributed by atoms with Gasteiger partial charge in [-0.3, -0.25) is 9.59 Å². The highest BCUT2D eigenvalue weighted by molar-refractivity contribution is 7.89. The minimum atomic E-state index is -3.38. The lowest BCUT2D eigenvalue weighted by atomic mass is 9.89. The van der Waals surface area contributed by atoms with Crippen molar-refractivity contribution in [1.82, 2.24) is 4.31 Å². The van der Waals surface area contributed by atoms with Crippen LogP contribution in [0.3, 0.4) is 0 Å². The van der Waals surface area contributed by atoms with Crippen molar-refractivity contribution < 1.29 is 22.7 Å². The van der Waals surface area contributed by atoms with Gasteiger partial charge >= 0.3 is 11.9 Å². The lowest BCUT2D eigenvalue weighted by Crippen LogP contribution is -2.45. The summed E-state index contributed by atoms with van der Waals surface area (Å²) in [5.41, 5.74) is -0.0619. The van der Waals surface area contributed by atoms with Crippen LogP contribution in [0.25, 0.3) is 0 Å². The number of rotatable bonds is 3. The maximum Gasteiger partial charge on any atom is 0.318 e. The molecule has 2 atom stereocenters. The molecule has 0 amide bonds. The van der Waals surface area contributed by atoms with Crippen LogP contribution in [0.4, 0.5) is 0 Å². The third-order valence-corrected chi connectivity index (χ3v) is 5.72. The fourth-order valence-corrected chi connectivity index (χ4v) is 4.41. The average molecular weight is 303 g/mol. The van der Waals surface area contributed by atoms with Gasteiger partial charge in [0.05, 0.1) is 17.6 Å². The molecular weight excluding hydrogens is 282 g/mol. The first-order valence-electron chi connectivity index (χ1n) is 6.83. The van der Waals surface area contributed by atoms with Gasteiger partial charge in [0.25, 0.3) is 0 Å². The van der Waals surface area contributed by atoms with Crippen LogP contribution in [0.1, 0.15) is 33.6 Å². The van der Waals surface area contributed by atoms with Crippen molar-refractivity contribution >= 4 is 22.0 Å². The number of hydrogen-bond acceptors (Lipinski definition) is 5. The van der Waals surface area contributed by atoms with Crippen LogP contribution in [0, 0.1) is 17.3 Å². The highest BCUT2D eigenvalue weighted by Gasteiger charge is 2.49. The monoisotopic (exact) mass is 303 g/mol. The zero-order valence-corrected chi connectivity index (χ0v) is 12.9. The van der Waals surface area contributed by atoms with Crippen molar-refractivity contribution in [2.24, 2.45) is 17.3 Å². The van der Waals surface area contributed by atoms with E-state index in [2.05, 4.69) is 4.74 Å². The van der Waals surface area contributed by atoms with E-state index in [9.17, 15) is 18.0 Å². The molecule has 2 saturated heterocycles. The first-order chi connectivity index (χ1) is 9.10. The van der Waals surface area contributed by atoms with E-state index in [4.69, 9.17) is 0 Å². The second-order valence-electron chi connectivity index (χ2n) is 6.73. The van der Waals surface area contributed by atoms with Gasteiger partial charge in [0.1, 0.15) is 0 Å². The summed E-state index contributed by atoms with van der Waals surface area (Å²) in [6.07, 6.45) is 0.924. The number of carbonyl (C=O) groups is 2. The molecule has 0 N–H and O–H groups in total. The molecule has 0 aromatic carbocycles. The van der Waals surface area contributed by atoms with Crippen LogP contribution in [0.2, 0.25) is 0 Å². The Morgan fingerprint density at radius 1 is 1.20 bits per heavy atom. The fraction of sp³-hybridized carbons (Fsp3) is 0.846. The van der Waals surface area contributed by atoms with Gasteiger partial charge in [0.15, 0.2) is 0 Å². The third kappa shape index (κ3) is 3.20. The Hall–Kier alpha value is -0.950. The van der Waals surface area contributed by atoms with E-state index in [0.29, 0.717) is 12.8 Å². The molecule has 2 unspecified atom stereocenters. The molecule has 6 nitrogen and oxygen atoms in total. The van der Waals surface area contributed by atoms with Crippen LogP contribution in [-0.4, -0.2) is 43.5 Å². The number of sulfonamides is 1. The Morgan fingerprint density at radius 3 is 2.40 bits per heavy atom. The minimum Gasteiger partial charge on any atom is -0.393 e. The van der Waals surface area contributed by atoms with Crippen LogP contribution < -0.4 is 0 Å². The molecule has 114 valence electrons. The van der Waals surface area contributed by atoms with E-state index in [1.54, 1.807) is 0 Å². The van der Waals surface area contributed by atoms with E-state index < -0.39 is 33.8 Å². The summed E-state index contributed by atoms with van der Waals surface area (Å²) in [7, 11) is -3.38. The van der Waals surface area contributed by atoms with Crippen molar-refractivity contribution in [3.63, 3.8) is 0 Å². The van der Waals surface area contributed by atoms with Crippen molar-refractivity contribution in [3.05, 3.63) is 0 Å². The Bertz CT molecular complexity index is 519. The number of carbonyl (C=O) groups excluding carboxylic acids is 2. The Balaban J connectivity index is 2.04. The molecule has 0 aliphatic carbocycles. The first kappa shape index (κ1) is 15.4. The maximum atomic E-state index is 12.3. The molecule has 0 spiro atoms. The summed E-state index contributed by atoms with van der Waals surface area (Å²) in [5, 5.41) is 0. The molecule has 2 fully saturated rings. The molecule has 0 saturated carbocycles. The van der Waals surface area contributed by atoms with Gasteiger partial charge in [-0.25, -0.2) is 12.7 Å². The minimum absolute atomic E-state index is 0.0619. The number of cyclic esters (lactones) is 2. The van der Waals surface area contributed by atoms with Crippen molar-refractivity contribution in [2.75, 3.05) is 18.8 Å². The quantitative estimate of drug-likeness (QED) is 0.568. The van der Waals surface area contributed by atoms with Gasteiger partial charge in [-0.15, -0.1) is 0 Å². The third-order valence-electron chi connectivity index (χ3n) is 3.89. The molecule has 0 aromatic rings. The molecule has 2 aliphatic heterocycles. The largest absolute Gasteiger partial charge is 0.393 e. The van der Waals surface area contributed by atoms with E-state index in [0.717, 1.165) is 0 Å². The Kier molecular flexibility index (Phi) is 3.94. The summed E-state index contributed by atoms with van der Waals surface area (Å²) < 4.78 is 30.5. The summed E-state index contributed by atoms with van der Waals surface area (Å²) in [6.45, 7) is 6.32. The number of esters is 2. The zero-order chi connectivity index (χ0) is 15.1. The summed E-state index contributed by atoms with van der Waals surface area (Å²) >= 11 is 0. The van der Waals surface area contributed by atoms with Crippen LogP contribution in [-0.2, 0) is 24.3 Å². The van der Waals surface area contributed by atoms with E-state index >= 15 is 0 Å². The normalized spacial score (nSPS) is 28.4. The SMILES string of the molecule is CC(C)(C)CCS(=O)(=O)N1CCC2C(=O)OC(=O)C2C1. The molecule has 2 heterocycles. The first-order valence-corrected chi connectivity index (χ1v) is 8.44. The van der Waals surface area contributed by atoms with Crippen molar-refractivity contribution in [3.8, 4) is 0 Å². The molecule has 0 radical (unpaired) electrons. The fourth-order valence-electron chi connectivity index (χ4n) is 2.51. The molecule has 0 bridgehead atoms. The number of fused-ring (bicyclic) bond motifs is 1. The second-order valence-corrected chi connectivity index (χ2v) is 8.81. The van der Waals surface area contributed by atoms with E-state index in [1.165, 1.54) is 4.31 Å². The average Bonchev–Trinajstić information content (AvgIpc) is 2.62. The zero-order valence-electron chi connectivity index (χ0n) is 12.1. The molecule has 2 aliphatic rings. The summed E-state index contributed by atoms with van der Waals surface area (Å²) in [4.78, 5) is 23.0. The van der Waals surface area contributed by atoms with Crippen LogP contribution in [0.15, 0.2) is 0 Å². The number of nitrogens with zero attached hydrogens (tertiary/aromatic N) is 1. The number of piperidine rings is 1. The van der Waals surface area contributed by atoms with Crippen LogP contribution >= 0.6 is 0 Å². The van der Waals surface area contributed by atoms with Gasteiger partial charge in [-0.2, -0.15) is 0 Å². The molecular formula is C13H21NO5S. The van der Waals surface area contributed by atoms with Gasteiger partial charge in [-0.1, -0.05) is 20.8 Å². The number of hydrogen-bond donors (Lipinski definition) is 0. The topological polar surface area (TPSA) is 80.8 Å². The Morgan fingerprint density at radius 2 is 1.80 bits per heavy atom. The Labute approximate surface area is 119 Å². The highest BCUT2D eigenvalue weighted by Crippen LogP contribution is 2.33. The van der Waals surface area contributed by atoms with Crippen molar-refractivity contribution in [2.45, 2.75) is 33.6 Å². The van der Waals surface area contributed by atoms with Crippen LogP contribution in [0.5, 0.6) is 0 Å².